The quantitative estimate of drug-likeness (QED) is 0.642. The third-order valence-electron chi connectivity index (χ3n) is 2.83. The average molecular weight is 306 g/mol. The summed E-state index contributed by atoms with van der Waals surface area (Å²) in [6.45, 7) is 3.19. The summed E-state index contributed by atoms with van der Waals surface area (Å²) in [5.74, 6) is -3.12. The number of aromatic hydroxyl groups is 2. The maximum absolute atomic E-state index is 12.0. The van der Waals surface area contributed by atoms with Crippen molar-refractivity contribution in [2.45, 2.75) is 13.8 Å². The van der Waals surface area contributed by atoms with Gasteiger partial charge in [-0.1, -0.05) is 0 Å². The standard InChI is InChI=1S/C14H14N2O6/c1-3-21-13(19)7-8(14(20)22-4-2)12(18)10-9(11(7)17)15-5-6-16-10/h5-6,17-18H,3-4H2,1-2H3. The van der Waals surface area contributed by atoms with E-state index in [0.29, 0.717) is 0 Å². The van der Waals surface area contributed by atoms with Crippen molar-refractivity contribution in [3.05, 3.63) is 23.5 Å². The molecule has 0 aliphatic rings. The minimum Gasteiger partial charge on any atom is -0.505 e. The zero-order valence-corrected chi connectivity index (χ0v) is 12.0. The highest BCUT2D eigenvalue weighted by atomic mass is 16.5. The molecule has 0 amide bonds. The number of aromatic nitrogens is 2. The molecule has 2 rings (SSSR count). The number of phenolic OH excluding ortho intramolecular Hbond substituents is 2. The fourth-order valence-electron chi connectivity index (χ4n) is 1.96. The summed E-state index contributed by atoms with van der Waals surface area (Å²) in [7, 11) is 0. The first-order valence-corrected chi connectivity index (χ1v) is 6.55. The lowest BCUT2D eigenvalue weighted by Gasteiger charge is -2.13. The minimum absolute atomic E-state index is 0.0276. The number of ether oxygens (including phenoxy) is 2. The van der Waals surface area contributed by atoms with Crippen LogP contribution in [0.5, 0.6) is 11.5 Å². The minimum atomic E-state index is -0.967. The molecule has 0 fully saturated rings. The van der Waals surface area contributed by atoms with E-state index in [1.54, 1.807) is 13.8 Å². The number of nitrogens with zero attached hydrogens (tertiary/aromatic N) is 2. The second kappa shape index (κ2) is 6.25. The number of esters is 2. The lowest BCUT2D eigenvalue weighted by atomic mass is 10.0. The fraction of sp³-hybridized carbons (Fsp3) is 0.286. The van der Waals surface area contributed by atoms with Gasteiger partial charge in [-0.25, -0.2) is 19.6 Å². The van der Waals surface area contributed by atoms with Crippen molar-refractivity contribution in [3.8, 4) is 11.5 Å². The Morgan fingerprint density at radius 2 is 1.27 bits per heavy atom. The van der Waals surface area contributed by atoms with Crippen molar-refractivity contribution in [2.24, 2.45) is 0 Å². The number of rotatable bonds is 4. The zero-order chi connectivity index (χ0) is 16.3. The third kappa shape index (κ3) is 2.50. The Morgan fingerprint density at radius 1 is 0.909 bits per heavy atom. The molecule has 0 bridgehead atoms. The highest BCUT2D eigenvalue weighted by molar-refractivity contribution is 6.12. The molecule has 1 heterocycles. The number of benzene rings is 1. The Morgan fingerprint density at radius 3 is 1.59 bits per heavy atom. The van der Waals surface area contributed by atoms with E-state index in [2.05, 4.69) is 9.97 Å². The van der Waals surface area contributed by atoms with Gasteiger partial charge in [0.05, 0.1) is 13.2 Å². The number of fused-ring (bicyclic) bond motifs is 1. The van der Waals surface area contributed by atoms with Crippen LogP contribution in [0.25, 0.3) is 11.0 Å². The molecule has 0 saturated carbocycles. The van der Waals surface area contributed by atoms with Crippen molar-refractivity contribution in [1.29, 1.82) is 0 Å². The van der Waals surface area contributed by atoms with E-state index in [1.165, 1.54) is 12.4 Å². The Hall–Kier alpha value is -2.90. The van der Waals surface area contributed by atoms with Crippen molar-refractivity contribution in [3.63, 3.8) is 0 Å². The first-order valence-electron chi connectivity index (χ1n) is 6.55. The van der Waals surface area contributed by atoms with Crippen LogP contribution in [0.4, 0.5) is 0 Å². The Kier molecular flexibility index (Phi) is 4.40. The lowest BCUT2D eigenvalue weighted by molar-refractivity contribution is 0.0473. The number of hydrogen-bond donors (Lipinski definition) is 2. The Bertz CT molecular complexity index is 681. The second-order valence-electron chi connectivity index (χ2n) is 4.14. The van der Waals surface area contributed by atoms with Crippen LogP contribution >= 0.6 is 0 Å². The van der Waals surface area contributed by atoms with Gasteiger partial charge in [0.1, 0.15) is 22.2 Å². The molecule has 116 valence electrons. The van der Waals surface area contributed by atoms with Crippen LogP contribution in [0, 0.1) is 0 Å². The number of carbonyl (C=O) groups excluding carboxylic acids is 2. The number of carbonyl (C=O) groups is 2. The Balaban J connectivity index is 2.83. The van der Waals surface area contributed by atoms with Crippen molar-refractivity contribution < 1.29 is 29.3 Å². The molecule has 22 heavy (non-hydrogen) atoms. The maximum Gasteiger partial charge on any atom is 0.343 e. The summed E-state index contributed by atoms with van der Waals surface area (Å²) >= 11 is 0. The highest BCUT2D eigenvalue weighted by Crippen LogP contribution is 2.38. The van der Waals surface area contributed by atoms with E-state index >= 15 is 0 Å². The molecule has 8 heteroatoms. The highest BCUT2D eigenvalue weighted by Gasteiger charge is 2.31. The van der Waals surface area contributed by atoms with Crippen LogP contribution in [0.1, 0.15) is 34.6 Å². The third-order valence-corrected chi connectivity index (χ3v) is 2.83. The number of hydrogen-bond acceptors (Lipinski definition) is 8. The van der Waals surface area contributed by atoms with Crippen LogP contribution in [-0.2, 0) is 9.47 Å². The van der Waals surface area contributed by atoms with E-state index in [0.717, 1.165) is 0 Å². The van der Waals surface area contributed by atoms with Gasteiger partial charge >= 0.3 is 11.9 Å². The molecule has 0 aliphatic carbocycles. The van der Waals surface area contributed by atoms with Gasteiger partial charge in [0.25, 0.3) is 0 Å². The Labute approximate surface area is 125 Å². The predicted octanol–water partition coefficient (Wildman–Crippen LogP) is 1.39. The zero-order valence-electron chi connectivity index (χ0n) is 12.0. The lowest BCUT2D eigenvalue weighted by Crippen LogP contribution is -2.15. The fourth-order valence-corrected chi connectivity index (χ4v) is 1.96. The summed E-state index contributed by atoms with van der Waals surface area (Å²) in [6, 6.07) is 0. The van der Waals surface area contributed by atoms with Crippen molar-refractivity contribution >= 4 is 23.0 Å². The first kappa shape index (κ1) is 15.5. The normalized spacial score (nSPS) is 10.5. The van der Waals surface area contributed by atoms with Crippen LogP contribution in [0.2, 0.25) is 0 Å². The smallest absolute Gasteiger partial charge is 0.343 e. The molecule has 0 aliphatic heterocycles. The summed E-state index contributed by atoms with van der Waals surface area (Å²) in [5, 5.41) is 20.5. The van der Waals surface area contributed by atoms with Gasteiger partial charge in [-0.05, 0) is 13.8 Å². The van der Waals surface area contributed by atoms with Gasteiger partial charge in [0.15, 0.2) is 11.5 Å². The van der Waals surface area contributed by atoms with Crippen LogP contribution in [0.15, 0.2) is 12.4 Å². The van der Waals surface area contributed by atoms with E-state index in [9.17, 15) is 19.8 Å². The largest absolute Gasteiger partial charge is 0.505 e. The summed E-state index contributed by atoms with van der Waals surface area (Å²) < 4.78 is 9.63. The summed E-state index contributed by atoms with van der Waals surface area (Å²) in [5.41, 5.74) is -1.22. The topological polar surface area (TPSA) is 119 Å². The van der Waals surface area contributed by atoms with Crippen molar-refractivity contribution in [2.75, 3.05) is 13.2 Å². The first-order chi connectivity index (χ1) is 10.5. The molecule has 0 saturated heterocycles. The van der Waals surface area contributed by atoms with Gasteiger partial charge < -0.3 is 19.7 Å². The van der Waals surface area contributed by atoms with Crippen LogP contribution in [-0.4, -0.2) is 45.3 Å². The molecule has 8 nitrogen and oxygen atoms in total. The van der Waals surface area contributed by atoms with E-state index in [4.69, 9.17) is 9.47 Å². The predicted molar refractivity (Wildman–Crippen MR) is 74.8 cm³/mol. The monoisotopic (exact) mass is 306 g/mol. The molecule has 2 N–H and O–H groups in total. The molecule has 0 atom stereocenters. The summed E-state index contributed by atoms with van der Waals surface area (Å²) in [6.07, 6.45) is 2.56. The van der Waals surface area contributed by atoms with Crippen LogP contribution < -0.4 is 0 Å². The van der Waals surface area contributed by atoms with E-state index in [1.807, 2.05) is 0 Å². The molecular formula is C14H14N2O6. The van der Waals surface area contributed by atoms with E-state index in [-0.39, 0.29) is 24.2 Å². The van der Waals surface area contributed by atoms with Gasteiger partial charge in [0, 0.05) is 12.4 Å². The average Bonchev–Trinajstić information content (AvgIpc) is 2.51. The molecule has 2 aromatic rings. The second-order valence-corrected chi connectivity index (χ2v) is 4.14. The molecule has 1 aromatic carbocycles. The van der Waals surface area contributed by atoms with Gasteiger partial charge in [-0.2, -0.15) is 0 Å². The van der Waals surface area contributed by atoms with Gasteiger partial charge in [-0.15, -0.1) is 0 Å². The molecule has 0 unspecified atom stereocenters. The maximum atomic E-state index is 12.0. The molecular weight excluding hydrogens is 292 g/mol. The number of phenols is 2. The van der Waals surface area contributed by atoms with Gasteiger partial charge in [0.2, 0.25) is 0 Å². The molecule has 0 radical (unpaired) electrons. The van der Waals surface area contributed by atoms with Crippen molar-refractivity contribution in [1.82, 2.24) is 9.97 Å². The van der Waals surface area contributed by atoms with E-state index < -0.39 is 34.6 Å². The molecule has 1 aromatic heterocycles. The van der Waals surface area contributed by atoms with Gasteiger partial charge in [-0.3, -0.25) is 0 Å². The SMILES string of the molecule is CCOC(=O)c1c(C(=O)OCC)c(O)c2nccnc2c1O. The summed E-state index contributed by atoms with van der Waals surface area (Å²) in [4.78, 5) is 31.8. The van der Waals surface area contributed by atoms with Crippen LogP contribution in [0.3, 0.4) is 0 Å². The molecule has 0 spiro atoms.